The highest BCUT2D eigenvalue weighted by Gasteiger charge is 2.25. The van der Waals surface area contributed by atoms with Gasteiger partial charge in [0.15, 0.2) is 5.82 Å². The number of benzene rings is 2. The van der Waals surface area contributed by atoms with Crippen LogP contribution in [0.15, 0.2) is 63.9 Å². The number of hydrogen-bond acceptors (Lipinski definition) is 5. The zero-order valence-corrected chi connectivity index (χ0v) is 16.6. The zero-order chi connectivity index (χ0) is 18.8. The highest BCUT2D eigenvalue weighted by Crippen LogP contribution is 2.47. The smallest absolute Gasteiger partial charge is 0.174 e. The summed E-state index contributed by atoms with van der Waals surface area (Å²) in [7, 11) is 0. The average molecular weight is 390 g/mol. The molecule has 1 N–H and O–H groups in total. The Morgan fingerprint density at radius 2 is 1.61 bits per heavy atom. The van der Waals surface area contributed by atoms with Crippen LogP contribution in [0.4, 0.5) is 0 Å². The fourth-order valence-electron chi connectivity index (χ4n) is 4.21. The van der Waals surface area contributed by atoms with E-state index in [1.807, 2.05) is 11.8 Å². The third-order valence-electron chi connectivity index (χ3n) is 5.61. The molecule has 0 amide bonds. The summed E-state index contributed by atoms with van der Waals surface area (Å²) in [5.74, 6) is 0.813. The Hall–Kier alpha value is -2.44. The van der Waals surface area contributed by atoms with Gasteiger partial charge in [-0.05, 0) is 54.6 Å². The van der Waals surface area contributed by atoms with Gasteiger partial charge in [0.05, 0.1) is 0 Å². The second-order valence-corrected chi connectivity index (χ2v) is 8.43. The van der Waals surface area contributed by atoms with Crippen LogP contribution in [0.25, 0.3) is 5.57 Å². The van der Waals surface area contributed by atoms with Crippen molar-refractivity contribution < 1.29 is 0 Å². The molecular formula is C22H23N5S. The third kappa shape index (κ3) is 3.50. The predicted octanol–water partition coefficient (Wildman–Crippen LogP) is 4.19. The van der Waals surface area contributed by atoms with Crippen LogP contribution >= 0.6 is 11.8 Å². The Morgan fingerprint density at radius 3 is 2.25 bits per heavy atom. The monoisotopic (exact) mass is 389 g/mol. The summed E-state index contributed by atoms with van der Waals surface area (Å²) < 4.78 is 0. The van der Waals surface area contributed by atoms with E-state index < -0.39 is 0 Å². The molecule has 2 aliphatic rings. The van der Waals surface area contributed by atoms with Crippen molar-refractivity contribution in [1.29, 1.82) is 0 Å². The van der Waals surface area contributed by atoms with E-state index in [2.05, 4.69) is 74.1 Å². The van der Waals surface area contributed by atoms with Crippen molar-refractivity contribution in [2.45, 2.75) is 35.5 Å². The molecule has 1 fully saturated rings. The number of aromatic nitrogens is 4. The molecule has 2 aliphatic heterocycles. The van der Waals surface area contributed by atoms with Gasteiger partial charge in [0.25, 0.3) is 0 Å². The van der Waals surface area contributed by atoms with Crippen LogP contribution in [-0.4, -0.2) is 45.2 Å². The van der Waals surface area contributed by atoms with E-state index in [0.29, 0.717) is 0 Å². The number of fused-ring (bicyclic) bond motifs is 2. The molecular weight excluding hydrogens is 366 g/mol. The molecule has 0 unspecified atom stereocenters. The first-order valence-electron chi connectivity index (χ1n) is 9.92. The van der Waals surface area contributed by atoms with Gasteiger partial charge in [0.1, 0.15) is 0 Å². The molecule has 2 aromatic carbocycles. The standard InChI is InChI=1S/C22H23N5S/c1-3-8-19-17(6-1)22(18-7-2-4-9-20(18)28-19)16-11-14-27(15-12-16)13-5-10-21-23-25-26-24-21/h1-4,6-9H,5,10-15H2,(H,23,24,25,26). The number of tetrazole rings is 1. The summed E-state index contributed by atoms with van der Waals surface area (Å²) in [6.45, 7) is 3.35. The maximum Gasteiger partial charge on any atom is 0.174 e. The number of piperidine rings is 1. The van der Waals surface area contributed by atoms with Crippen LogP contribution in [0.3, 0.4) is 0 Å². The molecule has 3 heterocycles. The Balaban J connectivity index is 1.33. The number of likely N-dealkylation sites (tertiary alicyclic amines) is 1. The van der Waals surface area contributed by atoms with Crippen molar-refractivity contribution in [1.82, 2.24) is 25.5 Å². The molecule has 0 saturated carbocycles. The lowest BCUT2D eigenvalue weighted by atomic mass is 9.88. The number of H-pyrrole nitrogens is 1. The summed E-state index contributed by atoms with van der Waals surface area (Å²) in [5.41, 5.74) is 5.91. The highest BCUT2D eigenvalue weighted by molar-refractivity contribution is 7.99. The van der Waals surface area contributed by atoms with Gasteiger partial charge < -0.3 is 4.90 Å². The van der Waals surface area contributed by atoms with Crippen LogP contribution in [-0.2, 0) is 6.42 Å². The van der Waals surface area contributed by atoms with Gasteiger partial charge in [-0.2, -0.15) is 5.21 Å². The van der Waals surface area contributed by atoms with E-state index in [4.69, 9.17) is 0 Å². The van der Waals surface area contributed by atoms with Crippen molar-refractivity contribution in [3.8, 4) is 0 Å². The maximum absolute atomic E-state index is 4.04. The van der Waals surface area contributed by atoms with Crippen molar-refractivity contribution in [3.05, 3.63) is 71.1 Å². The van der Waals surface area contributed by atoms with Crippen molar-refractivity contribution in [2.24, 2.45) is 0 Å². The largest absolute Gasteiger partial charge is 0.303 e. The fourth-order valence-corrected chi connectivity index (χ4v) is 5.30. The van der Waals surface area contributed by atoms with Gasteiger partial charge >= 0.3 is 0 Å². The van der Waals surface area contributed by atoms with Crippen LogP contribution in [0.1, 0.15) is 36.2 Å². The first kappa shape index (κ1) is 17.6. The molecule has 5 nitrogen and oxygen atoms in total. The predicted molar refractivity (Wildman–Crippen MR) is 111 cm³/mol. The van der Waals surface area contributed by atoms with E-state index in [-0.39, 0.29) is 0 Å². The second-order valence-electron chi connectivity index (χ2n) is 7.35. The minimum Gasteiger partial charge on any atom is -0.303 e. The van der Waals surface area contributed by atoms with E-state index >= 15 is 0 Å². The van der Waals surface area contributed by atoms with Gasteiger partial charge in [-0.25, -0.2) is 0 Å². The number of aryl methyl sites for hydroxylation is 1. The Labute approximate surface area is 169 Å². The summed E-state index contributed by atoms with van der Waals surface area (Å²) >= 11 is 1.90. The summed E-state index contributed by atoms with van der Waals surface area (Å²) in [6, 6.07) is 17.7. The molecule has 0 radical (unpaired) electrons. The Morgan fingerprint density at radius 1 is 0.929 bits per heavy atom. The van der Waals surface area contributed by atoms with E-state index in [0.717, 1.165) is 51.1 Å². The fraction of sp³-hybridized carbons (Fsp3) is 0.318. The number of nitrogens with zero attached hydrogens (tertiary/aromatic N) is 4. The minimum absolute atomic E-state index is 0.813. The van der Waals surface area contributed by atoms with E-state index in [1.165, 1.54) is 26.5 Å². The summed E-state index contributed by atoms with van der Waals surface area (Å²) in [5, 5.41) is 14.2. The van der Waals surface area contributed by atoms with Gasteiger partial charge in [-0.1, -0.05) is 58.9 Å². The lowest BCUT2D eigenvalue weighted by molar-refractivity contribution is 0.253. The average Bonchev–Trinajstić information content (AvgIpc) is 3.26. The van der Waals surface area contributed by atoms with Crippen LogP contribution in [0.2, 0.25) is 0 Å². The van der Waals surface area contributed by atoms with Crippen LogP contribution < -0.4 is 0 Å². The molecule has 28 heavy (non-hydrogen) atoms. The first-order chi connectivity index (χ1) is 13.9. The zero-order valence-electron chi connectivity index (χ0n) is 15.8. The Kier molecular flexibility index (Phi) is 4.97. The number of rotatable bonds is 4. The third-order valence-corrected chi connectivity index (χ3v) is 6.76. The molecule has 3 aromatic rings. The molecule has 5 rings (SSSR count). The molecule has 0 aliphatic carbocycles. The lowest BCUT2D eigenvalue weighted by Crippen LogP contribution is -2.32. The number of hydrogen-bond donors (Lipinski definition) is 1. The molecule has 0 bridgehead atoms. The van der Waals surface area contributed by atoms with Crippen molar-refractivity contribution in [2.75, 3.05) is 19.6 Å². The lowest BCUT2D eigenvalue weighted by Gasteiger charge is -2.32. The van der Waals surface area contributed by atoms with E-state index in [1.54, 1.807) is 5.57 Å². The van der Waals surface area contributed by atoms with Crippen LogP contribution in [0, 0.1) is 0 Å². The quantitative estimate of drug-likeness (QED) is 0.567. The molecule has 0 atom stereocenters. The van der Waals surface area contributed by atoms with Crippen molar-refractivity contribution in [3.63, 3.8) is 0 Å². The van der Waals surface area contributed by atoms with Gasteiger partial charge in [0.2, 0.25) is 0 Å². The minimum atomic E-state index is 0.813. The maximum atomic E-state index is 4.04. The van der Waals surface area contributed by atoms with Crippen LogP contribution in [0.5, 0.6) is 0 Å². The summed E-state index contributed by atoms with van der Waals surface area (Å²) in [4.78, 5) is 5.33. The molecule has 142 valence electrons. The van der Waals surface area contributed by atoms with Crippen molar-refractivity contribution >= 4 is 17.3 Å². The molecule has 6 heteroatoms. The van der Waals surface area contributed by atoms with E-state index in [9.17, 15) is 0 Å². The van der Waals surface area contributed by atoms with Gasteiger partial charge in [-0.15, -0.1) is 10.2 Å². The normalized spacial score (nSPS) is 16.7. The Bertz CT molecular complexity index is 938. The molecule has 1 aromatic heterocycles. The first-order valence-corrected chi connectivity index (χ1v) is 10.7. The van der Waals surface area contributed by atoms with Gasteiger partial charge in [-0.3, -0.25) is 0 Å². The summed E-state index contributed by atoms with van der Waals surface area (Å²) in [6.07, 6.45) is 4.25. The molecule has 1 saturated heterocycles. The number of nitrogens with one attached hydrogen (secondary N) is 1. The topological polar surface area (TPSA) is 57.7 Å². The van der Waals surface area contributed by atoms with Gasteiger partial charge in [0, 0.05) is 29.3 Å². The molecule has 0 spiro atoms. The number of aromatic amines is 1. The second kappa shape index (κ2) is 7.89. The highest BCUT2D eigenvalue weighted by atomic mass is 32.2. The SMILES string of the molecule is c1ccc2c(c1)Sc1ccccc1C2=C1CCN(CCCc2nn[nH]n2)CC1.